The van der Waals surface area contributed by atoms with Crippen molar-refractivity contribution in [2.45, 2.75) is 31.3 Å². The van der Waals surface area contributed by atoms with Crippen LogP contribution in [0.3, 0.4) is 0 Å². The second-order valence-electron chi connectivity index (χ2n) is 6.21. The zero-order chi connectivity index (χ0) is 15.1. The minimum atomic E-state index is -0.0987. The van der Waals surface area contributed by atoms with Gasteiger partial charge in [0.05, 0.1) is 12.2 Å². The fourth-order valence-corrected chi connectivity index (χ4v) is 3.24. The summed E-state index contributed by atoms with van der Waals surface area (Å²) in [6.07, 6.45) is 4.67. The molecule has 0 spiro atoms. The summed E-state index contributed by atoms with van der Waals surface area (Å²) in [6.45, 7) is 0. The number of benzene rings is 1. The van der Waals surface area contributed by atoms with E-state index in [1.165, 1.54) is 0 Å². The summed E-state index contributed by atoms with van der Waals surface area (Å²) in [6, 6.07) is 11.9. The van der Waals surface area contributed by atoms with E-state index in [0.29, 0.717) is 5.92 Å². The standard InChI is InChI=1S/C18H17BrO3/c19-13-7-5-12(6-8-13)17(11-3-4-11)22-18(20)15-10-14(15)16-2-1-9-21-16/h1-2,5-9,11,14-15,17H,3-4,10H2. The highest BCUT2D eigenvalue weighted by Crippen LogP contribution is 2.50. The number of carbonyl (C=O) groups excluding carboxylic acids is 1. The van der Waals surface area contributed by atoms with Gasteiger partial charge in [-0.3, -0.25) is 4.79 Å². The van der Waals surface area contributed by atoms with Gasteiger partial charge in [0, 0.05) is 16.3 Å². The molecule has 0 saturated heterocycles. The van der Waals surface area contributed by atoms with Gasteiger partial charge in [-0.25, -0.2) is 0 Å². The maximum Gasteiger partial charge on any atom is 0.310 e. The van der Waals surface area contributed by atoms with Crippen LogP contribution in [0.25, 0.3) is 0 Å². The lowest BCUT2D eigenvalue weighted by molar-refractivity contribution is -0.152. The molecule has 2 aliphatic carbocycles. The first-order chi connectivity index (χ1) is 10.7. The summed E-state index contributed by atoms with van der Waals surface area (Å²) in [4.78, 5) is 12.4. The Labute approximate surface area is 137 Å². The van der Waals surface area contributed by atoms with Crippen molar-refractivity contribution in [1.82, 2.24) is 0 Å². The number of carbonyl (C=O) groups is 1. The van der Waals surface area contributed by atoms with Crippen molar-refractivity contribution < 1.29 is 13.9 Å². The molecule has 0 N–H and O–H groups in total. The van der Waals surface area contributed by atoms with Gasteiger partial charge in [-0.05, 0) is 49.1 Å². The molecule has 0 radical (unpaired) electrons. The molecule has 1 aromatic carbocycles. The monoisotopic (exact) mass is 360 g/mol. The van der Waals surface area contributed by atoms with E-state index in [9.17, 15) is 4.79 Å². The number of esters is 1. The average Bonchev–Trinajstić information content (AvgIpc) is 3.45. The van der Waals surface area contributed by atoms with E-state index in [1.54, 1.807) is 6.26 Å². The molecule has 2 aromatic rings. The molecule has 3 atom stereocenters. The van der Waals surface area contributed by atoms with E-state index in [-0.39, 0.29) is 23.9 Å². The molecule has 1 heterocycles. The van der Waals surface area contributed by atoms with Crippen LogP contribution in [0.1, 0.15) is 42.6 Å². The summed E-state index contributed by atoms with van der Waals surface area (Å²) < 4.78 is 12.3. The molecule has 4 rings (SSSR count). The molecule has 2 fully saturated rings. The molecular formula is C18H17BrO3. The lowest BCUT2D eigenvalue weighted by Crippen LogP contribution is -2.15. The van der Waals surface area contributed by atoms with Crippen molar-refractivity contribution in [1.29, 1.82) is 0 Å². The molecule has 3 nitrogen and oxygen atoms in total. The van der Waals surface area contributed by atoms with Crippen LogP contribution in [-0.4, -0.2) is 5.97 Å². The largest absolute Gasteiger partial charge is 0.469 e. The third-order valence-corrected chi connectivity index (χ3v) is 5.02. The number of ether oxygens (including phenoxy) is 1. The Balaban J connectivity index is 1.44. The van der Waals surface area contributed by atoms with Crippen LogP contribution < -0.4 is 0 Å². The zero-order valence-corrected chi connectivity index (χ0v) is 13.7. The first kappa shape index (κ1) is 14.1. The van der Waals surface area contributed by atoms with Crippen molar-refractivity contribution in [2.75, 3.05) is 0 Å². The van der Waals surface area contributed by atoms with E-state index in [1.807, 2.05) is 36.4 Å². The van der Waals surface area contributed by atoms with Gasteiger partial charge in [-0.1, -0.05) is 28.1 Å². The topological polar surface area (TPSA) is 39.4 Å². The highest BCUT2D eigenvalue weighted by molar-refractivity contribution is 9.10. The molecule has 0 amide bonds. The third kappa shape index (κ3) is 2.84. The Morgan fingerprint density at radius 2 is 2.00 bits per heavy atom. The van der Waals surface area contributed by atoms with E-state index >= 15 is 0 Å². The smallest absolute Gasteiger partial charge is 0.310 e. The van der Waals surface area contributed by atoms with Gasteiger partial charge in [0.2, 0.25) is 0 Å². The summed E-state index contributed by atoms with van der Waals surface area (Å²) in [5.74, 6) is 1.45. The fourth-order valence-electron chi connectivity index (χ4n) is 2.97. The SMILES string of the molecule is O=C(OC(c1ccc(Br)cc1)C1CC1)C1CC1c1ccco1. The predicted octanol–water partition coefficient (Wildman–Crippen LogP) is 4.84. The van der Waals surface area contributed by atoms with Gasteiger partial charge < -0.3 is 9.15 Å². The first-order valence-electron chi connectivity index (χ1n) is 7.72. The highest BCUT2D eigenvalue weighted by atomic mass is 79.9. The number of halogens is 1. The van der Waals surface area contributed by atoms with Crippen LogP contribution in [-0.2, 0) is 9.53 Å². The summed E-state index contributed by atoms with van der Waals surface area (Å²) in [5.41, 5.74) is 1.09. The van der Waals surface area contributed by atoms with Crippen LogP contribution in [0.4, 0.5) is 0 Å². The van der Waals surface area contributed by atoms with Gasteiger partial charge in [0.25, 0.3) is 0 Å². The molecular weight excluding hydrogens is 344 g/mol. The maximum absolute atomic E-state index is 12.4. The van der Waals surface area contributed by atoms with E-state index < -0.39 is 0 Å². The minimum Gasteiger partial charge on any atom is -0.469 e. The predicted molar refractivity (Wildman–Crippen MR) is 85.3 cm³/mol. The lowest BCUT2D eigenvalue weighted by Gasteiger charge is -2.18. The first-order valence-corrected chi connectivity index (χ1v) is 8.51. The minimum absolute atomic E-state index is 0.0390. The van der Waals surface area contributed by atoms with Crippen molar-refractivity contribution in [3.05, 3.63) is 58.5 Å². The Morgan fingerprint density at radius 3 is 2.64 bits per heavy atom. The van der Waals surface area contributed by atoms with Crippen molar-refractivity contribution in [3.8, 4) is 0 Å². The zero-order valence-electron chi connectivity index (χ0n) is 12.1. The molecule has 2 aliphatic rings. The highest BCUT2D eigenvalue weighted by Gasteiger charge is 2.48. The van der Waals surface area contributed by atoms with Crippen LogP contribution in [0.2, 0.25) is 0 Å². The normalized spacial score (nSPS) is 24.8. The van der Waals surface area contributed by atoms with Gasteiger partial charge in [0.15, 0.2) is 0 Å². The molecule has 2 saturated carbocycles. The third-order valence-electron chi connectivity index (χ3n) is 4.49. The van der Waals surface area contributed by atoms with Crippen molar-refractivity contribution in [3.63, 3.8) is 0 Å². The summed E-state index contributed by atoms with van der Waals surface area (Å²) >= 11 is 3.44. The van der Waals surface area contributed by atoms with Crippen molar-refractivity contribution in [2.24, 2.45) is 11.8 Å². The van der Waals surface area contributed by atoms with Crippen molar-refractivity contribution >= 4 is 21.9 Å². The Hall–Kier alpha value is -1.55. The quantitative estimate of drug-likeness (QED) is 0.716. The summed E-state index contributed by atoms with van der Waals surface area (Å²) in [5, 5.41) is 0. The molecule has 1 aromatic heterocycles. The van der Waals surface area contributed by atoms with Crippen LogP contribution in [0, 0.1) is 11.8 Å². The average molecular weight is 361 g/mol. The fraction of sp³-hybridized carbons (Fsp3) is 0.389. The number of hydrogen-bond acceptors (Lipinski definition) is 3. The Morgan fingerprint density at radius 1 is 1.23 bits per heavy atom. The number of hydrogen-bond donors (Lipinski definition) is 0. The second kappa shape index (κ2) is 5.58. The molecule has 4 heteroatoms. The maximum atomic E-state index is 12.4. The molecule has 22 heavy (non-hydrogen) atoms. The molecule has 0 bridgehead atoms. The van der Waals surface area contributed by atoms with Crippen LogP contribution in [0.15, 0.2) is 51.6 Å². The van der Waals surface area contributed by atoms with Gasteiger partial charge >= 0.3 is 5.97 Å². The van der Waals surface area contributed by atoms with Gasteiger partial charge in [0.1, 0.15) is 11.9 Å². The number of furan rings is 1. The van der Waals surface area contributed by atoms with E-state index in [4.69, 9.17) is 9.15 Å². The lowest BCUT2D eigenvalue weighted by atomic mass is 10.1. The van der Waals surface area contributed by atoms with Crippen LogP contribution in [0.5, 0.6) is 0 Å². The molecule has 114 valence electrons. The Kier molecular flexibility index (Phi) is 3.57. The van der Waals surface area contributed by atoms with E-state index in [0.717, 1.165) is 35.1 Å². The second-order valence-corrected chi connectivity index (χ2v) is 7.13. The van der Waals surface area contributed by atoms with Gasteiger partial charge in [-0.2, -0.15) is 0 Å². The van der Waals surface area contributed by atoms with E-state index in [2.05, 4.69) is 15.9 Å². The van der Waals surface area contributed by atoms with Gasteiger partial charge in [-0.15, -0.1) is 0 Å². The number of rotatable bonds is 5. The van der Waals surface area contributed by atoms with Crippen LogP contribution >= 0.6 is 15.9 Å². The molecule has 3 unspecified atom stereocenters. The summed E-state index contributed by atoms with van der Waals surface area (Å²) in [7, 11) is 0. The molecule has 0 aliphatic heterocycles. The Bertz CT molecular complexity index is 658.